The lowest BCUT2D eigenvalue weighted by Gasteiger charge is -2.12. The van der Waals surface area contributed by atoms with Gasteiger partial charge in [-0.3, -0.25) is 10.1 Å². The van der Waals surface area contributed by atoms with Gasteiger partial charge in [-0.1, -0.05) is 12.1 Å². The first-order valence-electron chi connectivity index (χ1n) is 8.02. The zero-order chi connectivity index (χ0) is 19.6. The van der Waals surface area contributed by atoms with Gasteiger partial charge in [0.2, 0.25) is 5.90 Å². The van der Waals surface area contributed by atoms with Crippen LogP contribution < -0.4 is 9.64 Å². The van der Waals surface area contributed by atoms with E-state index in [1.54, 1.807) is 55.4 Å². The van der Waals surface area contributed by atoms with E-state index in [9.17, 15) is 14.9 Å². The van der Waals surface area contributed by atoms with Crippen molar-refractivity contribution in [1.29, 1.82) is 0 Å². The minimum atomic E-state index is -0.618. The highest BCUT2D eigenvalue weighted by atomic mass is 16.6. The summed E-state index contributed by atoms with van der Waals surface area (Å²) in [6, 6.07) is 11.7. The number of esters is 1. The van der Waals surface area contributed by atoms with Crippen LogP contribution in [0.2, 0.25) is 0 Å². The molecule has 27 heavy (non-hydrogen) atoms. The predicted octanol–water partition coefficient (Wildman–Crippen LogP) is 3.01. The van der Waals surface area contributed by atoms with Crippen LogP contribution in [0.4, 0.5) is 11.4 Å². The summed E-state index contributed by atoms with van der Waals surface area (Å²) in [7, 11) is 4.98. The Hall–Kier alpha value is -3.68. The highest BCUT2D eigenvalue weighted by molar-refractivity contribution is 6.13. The van der Waals surface area contributed by atoms with E-state index in [1.807, 2.05) is 0 Å². The molecule has 0 aromatic heterocycles. The van der Waals surface area contributed by atoms with Crippen LogP contribution in [-0.4, -0.2) is 38.0 Å². The molecular weight excluding hydrogens is 350 g/mol. The van der Waals surface area contributed by atoms with Crippen LogP contribution in [0.15, 0.2) is 53.2 Å². The maximum absolute atomic E-state index is 12.1. The van der Waals surface area contributed by atoms with E-state index in [0.29, 0.717) is 22.6 Å². The third kappa shape index (κ3) is 3.79. The van der Waals surface area contributed by atoms with Gasteiger partial charge in [-0.15, -0.1) is 0 Å². The number of hydrogen-bond donors (Lipinski definition) is 0. The van der Waals surface area contributed by atoms with Crippen LogP contribution in [0.1, 0.15) is 11.1 Å². The lowest BCUT2D eigenvalue weighted by Crippen LogP contribution is -2.11. The first-order chi connectivity index (χ1) is 12.9. The van der Waals surface area contributed by atoms with E-state index in [1.165, 1.54) is 19.3 Å². The molecule has 0 fully saturated rings. The Morgan fingerprint density at radius 1 is 1.22 bits per heavy atom. The Bertz CT molecular complexity index is 979. The van der Waals surface area contributed by atoms with E-state index in [2.05, 4.69) is 4.99 Å². The topological polar surface area (TPSA) is 94.3 Å². The number of methoxy groups -OCH3 is 1. The van der Waals surface area contributed by atoms with Crippen molar-refractivity contribution in [3.63, 3.8) is 0 Å². The molecule has 3 rings (SSSR count). The summed E-state index contributed by atoms with van der Waals surface area (Å²) in [6.45, 7) is 0. The number of nitro benzene ring substituents is 1. The molecule has 0 unspecified atom stereocenters. The van der Waals surface area contributed by atoms with Gasteiger partial charge in [0.05, 0.1) is 12.0 Å². The molecule has 0 aliphatic carbocycles. The van der Waals surface area contributed by atoms with Gasteiger partial charge in [0.1, 0.15) is 11.4 Å². The van der Waals surface area contributed by atoms with Crippen molar-refractivity contribution in [2.24, 2.45) is 4.99 Å². The molecule has 2 aromatic rings. The molecule has 0 radical (unpaired) electrons. The first-order valence-corrected chi connectivity index (χ1v) is 8.02. The number of anilines is 1. The van der Waals surface area contributed by atoms with Crippen LogP contribution in [-0.2, 0) is 9.53 Å². The molecule has 0 bridgehead atoms. The molecule has 0 amide bonds. The Kier molecular flexibility index (Phi) is 4.89. The van der Waals surface area contributed by atoms with Crippen molar-refractivity contribution in [2.45, 2.75) is 0 Å². The van der Waals surface area contributed by atoms with Gasteiger partial charge in [-0.25, -0.2) is 9.79 Å². The second kappa shape index (κ2) is 7.28. The van der Waals surface area contributed by atoms with Crippen molar-refractivity contribution >= 4 is 29.3 Å². The van der Waals surface area contributed by atoms with E-state index in [0.717, 1.165) is 0 Å². The fourth-order valence-electron chi connectivity index (χ4n) is 2.60. The molecule has 8 nitrogen and oxygen atoms in total. The summed E-state index contributed by atoms with van der Waals surface area (Å²) in [5.41, 5.74) is 1.56. The number of cyclic esters (lactones) is 1. The van der Waals surface area contributed by atoms with E-state index in [4.69, 9.17) is 9.47 Å². The molecule has 1 aliphatic rings. The van der Waals surface area contributed by atoms with Crippen molar-refractivity contribution in [2.75, 3.05) is 26.1 Å². The summed E-state index contributed by atoms with van der Waals surface area (Å²) in [6.07, 6.45) is 1.46. The van der Waals surface area contributed by atoms with Crippen molar-refractivity contribution < 1.29 is 19.2 Å². The first kappa shape index (κ1) is 18.1. The molecule has 1 aliphatic heterocycles. The van der Waals surface area contributed by atoms with Crippen molar-refractivity contribution in [3.05, 3.63) is 69.4 Å². The number of hydrogen-bond acceptors (Lipinski definition) is 7. The Balaban J connectivity index is 1.97. The quantitative estimate of drug-likeness (QED) is 0.349. The molecule has 138 valence electrons. The number of aliphatic imine (C=N–C) groups is 1. The average molecular weight is 367 g/mol. The second-order valence-corrected chi connectivity index (χ2v) is 5.97. The lowest BCUT2D eigenvalue weighted by atomic mass is 10.1. The summed E-state index contributed by atoms with van der Waals surface area (Å²) >= 11 is 0. The molecule has 8 heteroatoms. The molecule has 2 aromatic carbocycles. The molecule has 0 saturated heterocycles. The zero-order valence-electron chi connectivity index (χ0n) is 15.0. The SMILES string of the molecule is COc1cccc(C2=N/C(=C\c3ccc(N(C)C)c([N+](=O)[O-])c3)C(=O)O2)c1. The number of carbonyl (C=O) groups excluding carboxylic acids is 1. The van der Waals surface area contributed by atoms with E-state index >= 15 is 0 Å². The van der Waals surface area contributed by atoms with Gasteiger partial charge >= 0.3 is 5.97 Å². The number of benzene rings is 2. The highest BCUT2D eigenvalue weighted by Crippen LogP contribution is 2.29. The second-order valence-electron chi connectivity index (χ2n) is 5.97. The normalized spacial score (nSPS) is 14.7. The Labute approximate surface area is 155 Å². The van der Waals surface area contributed by atoms with Crippen molar-refractivity contribution in [3.8, 4) is 5.75 Å². The van der Waals surface area contributed by atoms with Gasteiger partial charge in [0.25, 0.3) is 5.69 Å². The molecule has 0 atom stereocenters. The van der Waals surface area contributed by atoms with Crippen LogP contribution >= 0.6 is 0 Å². The number of ether oxygens (including phenoxy) is 2. The minimum Gasteiger partial charge on any atom is -0.497 e. The largest absolute Gasteiger partial charge is 0.497 e. The minimum absolute atomic E-state index is 0.0577. The third-order valence-corrected chi connectivity index (χ3v) is 3.92. The standard InChI is InChI=1S/C19H17N3O5/c1-21(2)16-8-7-12(10-17(16)22(24)25)9-15-19(23)27-18(20-15)13-5-4-6-14(11-13)26-3/h4-11H,1-3H3/b15-9-. The maximum atomic E-state index is 12.1. The van der Waals surface area contributed by atoms with Crippen LogP contribution in [0.25, 0.3) is 6.08 Å². The number of carbonyl (C=O) groups is 1. The predicted molar refractivity (Wildman–Crippen MR) is 101 cm³/mol. The molecule has 0 saturated carbocycles. The number of nitrogens with zero attached hydrogens (tertiary/aromatic N) is 3. The summed E-state index contributed by atoms with van der Waals surface area (Å²) < 4.78 is 10.4. The van der Waals surface area contributed by atoms with Gasteiger partial charge in [-0.2, -0.15) is 0 Å². The smallest absolute Gasteiger partial charge is 0.363 e. The van der Waals surface area contributed by atoms with E-state index in [-0.39, 0.29) is 17.3 Å². The highest BCUT2D eigenvalue weighted by Gasteiger charge is 2.25. The van der Waals surface area contributed by atoms with Gasteiger partial charge in [0.15, 0.2) is 5.70 Å². The summed E-state index contributed by atoms with van der Waals surface area (Å²) in [5.74, 6) is 0.148. The molecule has 0 spiro atoms. The Morgan fingerprint density at radius 2 is 2.00 bits per heavy atom. The number of rotatable bonds is 5. The zero-order valence-corrected chi connectivity index (χ0v) is 15.0. The van der Waals surface area contributed by atoms with Gasteiger partial charge in [0, 0.05) is 25.7 Å². The average Bonchev–Trinajstić information content (AvgIpc) is 3.02. The fourth-order valence-corrected chi connectivity index (χ4v) is 2.60. The maximum Gasteiger partial charge on any atom is 0.363 e. The van der Waals surface area contributed by atoms with Crippen LogP contribution in [0.5, 0.6) is 5.75 Å². The van der Waals surface area contributed by atoms with Gasteiger partial charge < -0.3 is 14.4 Å². The molecular formula is C19H17N3O5. The van der Waals surface area contributed by atoms with Gasteiger partial charge in [-0.05, 0) is 35.9 Å². The van der Waals surface area contributed by atoms with Crippen molar-refractivity contribution in [1.82, 2.24) is 0 Å². The lowest BCUT2D eigenvalue weighted by molar-refractivity contribution is -0.384. The van der Waals surface area contributed by atoms with Crippen LogP contribution in [0.3, 0.4) is 0 Å². The summed E-state index contributed by atoms with van der Waals surface area (Å²) in [5, 5.41) is 11.3. The fraction of sp³-hybridized carbons (Fsp3) is 0.158. The monoisotopic (exact) mass is 367 g/mol. The third-order valence-electron chi connectivity index (χ3n) is 3.92. The van der Waals surface area contributed by atoms with Crippen LogP contribution in [0, 0.1) is 10.1 Å². The summed E-state index contributed by atoms with van der Waals surface area (Å²) in [4.78, 5) is 28.8. The Morgan fingerprint density at radius 3 is 2.67 bits per heavy atom. The number of nitro groups is 1. The molecule has 0 N–H and O–H groups in total. The van der Waals surface area contributed by atoms with E-state index < -0.39 is 10.9 Å². The molecule has 1 heterocycles.